The fourth-order valence-corrected chi connectivity index (χ4v) is 2.67. The van der Waals surface area contributed by atoms with E-state index in [1.807, 2.05) is 13.8 Å². The van der Waals surface area contributed by atoms with Crippen LogP contribution in [0.1, 0.15) is 28.8 Å². The summed E-state index contributed by atoms with van der Waals surface area (Å²) < 4.78 is 0. The zero-order valence-electron chi connectivity index (χ0n) is 11.9. The lowest BCUT2D eigenvalue weighted by molar-refractivity contribution is 0.0660. The van der Waals surface area contributed by atoms with Gasteiger partial charge >= 0.3 is 6.03 Å². The van der Waals surface area contributed by atoms with Gasteiger partial charge in [-0.2, -0.15) is 0 Å². The number of carbonyl (C=O) groups is 2. The van der Waals surface area contributed by atoms with Crippen molar-refractivity contribution < 1.29 is 9.59 Å². The maximum atomic E-state index is 12.2. The Morgan fingerprint density at radius 3 is 2.50 bits per heavy atom. The number of nitrogens with zero attached hydrogens (tertiary/aromatic N) is 3. The number of aromatic nitrogens is 1. The van der Waals surface area contributed by atoms with Crippen LogP contribution < -0.4 is 5.32 Å². The Bertz CT molecular complexity index is 480. The van der Waals surface area contributed by atoms with Gasteiger partial charge in [-0.05, 0) is 13.3 Å². The number of hydrogen-bond donors (Lipinski definition) is 1. The lowest BCUT2D eigenvalue weighted by Crippen LogP contribution is -2.53. The molecule has 1 fully saturated rings. The predicted molar refractivity (Wildman–Crippen MR) is 78.0 cm³/mol. The van der Waals surface area contributed by atoms with Crippen molar-refractivity contribution in [3.8, 4) is 0 Å². The fourth-order valence-electron chi connectivity index (χ4n) is 2.08. The first-order valence-electron chi connectivity index (χ1n) is 6.86. The van der Waals surface area contributed by atoms with Crippen LogP contribution in [-0.2, 0) is 0 Å². The van der Waals surface area contributed by atoms with Gasteiger partial charge in [-0.25, -0.2) is 9.78 Å². The molecule has 6 nitrogen and oxygen atoms in total. The Morgan fingerprint density at radius 1 is 1.30 bits per heavy atom. The molecule has 1 aromatic heterocycles. The van der Waals surface area contributed by atoms with Crippen LogP contribution in [0.2, 0.25) is 0 Å². The Hall–Kier alpha value is -1.63. The quantitative estimate of drug-likeness (QED) is 0.915. The molecule has 0 atom stereocenters. The summed E-state index contributed by atoms with van der Waals surface area (Å²) >= 11 is 1.48. The van der Waals surface area contributed by atoms with Gasteiger partial charge in [0.25, 0.3) is 5.91 Å². The molecule has 0 saturated carbocycles. The lowest BCUT2D eigenvalue weighted by Gasteiger charge is -2.34. The highest BCUT2D eigenvalue weighted by molar-refractivity contribution is 7.09. The van der Waals surface area contributed by atoms with Crippen molar-refractivity contribution in [1.82, 2.24) is 20.1 Å². The summed E-state index contributed by atoms with van der Waals surface area (Å²) in [6.07, 6.45) is 0.924. The van der Waals surface area contributed by atoms with E-state index in [0.29, 0.717) is 38.4 Å². The molecular weight excluding hydrogens is 276 g/mol. The highest BCUT2D eigenvalue weighted by atomic mass is 32.1. The second kappa shape index (κ2) is 6.69. The van der Waals surface area contributed by atoms with Crippen LogP contribution in [0.5, 0.6) is 0 Å². The van der Waals surface area contributed by atoms with Crippen LogP contribution in [0.4, 0.5) is 4.79 Å². The van der Waals surface area contributed by atoms with E-state index in [1.54, 1.807) is 15.2 Å². The first-order valence-corrected chi connectivity index (χ1v) is 7.74. The van der Waals surface area contributed by atoms with E-state index < -0.39 is 0 Å². The molecule has 7 heteroatoms. The molecule has 1 N–H and O–H groups in total. The Labute approximate surface area is 122 Å². The summed E-state index contributed by atoms with van der Waals surface area (Å²) in [6.45, 7) is 6.87. The molecule has 0 spiro atoms. The number of rotatable bonds is 3. The summed E-state index contributed by atoms with van der Waals surface area (Å²) in [7, 11) is 0. The third-order valence-electron chi connectivity index (χ3n) is 3.22. The number of nitrogens with one attached hydrogen (secondary N) is 1. The number of piperazine rings is 1. The zero-order chi connectivity index (χ0) is 14.5. The molecular formula is C13H20N4O2S. The van der Waals surface area contributed by atoms with Gasteiger partial charge in [0.05, 0.1) is 5.01 Å². The number of hydrogen-bond acceptors (Lipinski definition) is 4. The number of amides is 3. The van der Waals surface area contributed by atoms with Gasteiger partial charge in [0.15, 0.2) is 0 Å². The molecule has 0 aliphatic carbocycles. The molecule has 0 bridgehead atoms. The Kier molecular flexibility index (Phi) is 4.94. The van der Waals surface area contributed by atoms with Crippen LogP contribution in [0.15, 0.2) is 5.38 Å². The van der Waals surface area contributed by atoms with Crippen molar-refractivity contribution in [3.63, 3.8) is 0 Å². The average molecular weight is 296 g/mol. The molecule has 1 aliphatic heterocycles. The number of urea groups is 1. The second-order valence-corrected chi connectivity index (χ2v) is 5.83. The summed E-state index contributed by atoms with van der Waals surface area (Å²) in [5, 5.41) is 5.54. The highest BCUT2D eigenvalue weighted by Gasteiger charge is 2.25. The largest absolute Gasteiger partial charge is 0.338 e. The van der Waals surface area contributed by atoms with Crippen molar-refractivity contribution in [2.75, 3.05) is 32.7 Å². The summed E-state index contributed by atoms with van der Waals surface area (Å²) in [4.78, 5) is 31.8. The minimum atomic E-state index is -0.0389. The summed E-state index contributed by atoms with van der Waals surface area (Å²) in [5.74, 6) is -0.0389. The molecule has 1 aliphatic rings. The number of carbonyl (C=O) groups excluding carboxylic acids is 2. The smallest absolute Gasteiger partial charge is 0.317 e. The minimum Gasteiger partial charge on any atom is -0.338 e. The highest BCUT2D eigenvalue weighted by Crippen LogP contribution is 2.12. The van der Waals surface area contributed by atoms with E-state index >= 15 is 0 Å². The monoisotopic (exact) mass is 296 g/mol. The van der Waals surface area contributed by atoms with Crippen molar-refractivity contribution >= 4 is 23.3 Å². The fraction of sp³-hybridized carbons (Fsp3) is 0.615. The van der Waals surface area contributed by atoms with Gasteiger partial charge < -0.3 is 15.1 Å². The third kappa shape index (κ3) is 3.47. The van der Waals surface area contributed by atoms with Crippen LogP contribution in [0.3, 0.4) is 0 Å². The van der Waals surface area contributed by atoms with E-state index in [2.05, 4.69) is 10.3 Å². The predicted octanol–water partition coefficient (Wildman–Crippen LogP) is 1.33. The molecule has 1 saturated heterocycles. The van der Waals surface area contributed by atoms with E-state index in [-0.39, 0.29) is 11.9 Å². The maximum Gasteiger partial charge on any atom is 0.317 e. The van der Waals surface area contributed by atoms with Gasteiger partial charge in [0.2, 0.25) is 0 Å². The van der Waals surface area contributed by atoms with Gasteiger partial charge in [-0.3, -0.25) is 4.79 Å². The van der Waals surface area contributed by atoms with E-state index in [0.717, 1.165) is 11.4 Å². The van der Waals surface area contributed by atoms with Crippen LogP contribution >= 0.6 is 11.3 Å². The van der Waals surface area contributed by atoms with E-state index in [1.165, 1.54) is 11.3 Å². The van der Waals surface area contributed by atoms with Crippen LogP contribution in [0, 0.1) is 6.92 Å². The first-order chi connectivity index (χ1) is 9.61. The van der Waals surface area contributed by atoms with Crippen LogP contribution in [-0.4, -0.2) is 59.4 Å². The summed E-state index contributed by atoms with van der Waals surface area (Å²) in [6, 6.07) is -0.0385. The average Bonchev–Trinajstić information content (AvgIpc) is 2.90. The summed E-state index contributed by atoms with van der Waals surface area (Å²) in [5.41, 5.74) is 0.511. The molecule has 3 amide bonds. The van der Waals surface area contributed by atoms with Crippen molar-refractivity contribution in [3.05, 3.63) is 16.1 Å². The minimum absolute atomic E-state index is 0.0385. The van der Waals surface area contributed by atoms with Gasteiger partial charge in [0, 0.05) is 38.1 Å². The SMILES string of the molecule is CCCNC(=O)N1CCN(C(=O)c2csc(C)n2)CC1. The number of aryl methyl sites for hydroxylation is 1. The standard InChI is InChI=1S/C13H20N4O2S/c1-3-4-14-13(19)17-7-5-16(6-8-17)12(18)11-9-20-10(2)15-11/h9H,3-8H2,1-2H3,(H,14,19). The molecule has 0 unspecified atom stereocenters. The lowest BCUT2D eigenvalue weighted by atomic mass is 10.3. The molecule has 20 heavy (non-hydrogen) atoms. The molecule has 110 valence electrons. The van der Waals surface area contributed by atoms with Crippen molar-refractivity contribution in [2.45, 2.75) is 20.3 Å². The molecule has 2 rings (SSSR count). The second-order valence-electron chi connectivity index (χ2n) is 4.76. The third-order valence-corrected chi connectivity index (χ3v) is 3.99. The van der Waals surface area contributed by atoms with Gasteiger partial charge in [-0.1, -0.05) is 6.92 Å². The zero-order valence-corrected chi connectivity index (χ0v) is 12.7. The van der Waals surface area contributed by atoms with Crippen LogP contribution in [0.25, 0.3) is 0 Å². The van der Waals surface area contributed by atoms with Crippen molar-refractivity contribution in [2.24, 2.45) is 0 Å². The van der Waals surface area contributed by atoms with Crippen molar-refractivity contribution in [1.29, 1.82) is 0 Å². The Morgan fingerprint density at radius 2 is 1.95 bits per heavy atom. The molecule has 0 aromatic carbocycles. The molecule has 1 aromatic rings. The topological polar surface area (TPSA) is 65.5 Å². The molecule has 0 radical (unpaired) electrons. The Balaban J connectivity index is 1.85. The van der Waals surface area contributed by atoms with E-state index in [4.69, 9.17) is 0 Å². The maximum absolute atomic E-state index is 12.2. The first kappa shape index (κ1) is 14.8. The molecule has 2 heterocycles. The van der Waals surface area contributed by atoms with Gasteiger partial charge in [-0.15, -0.1) is 11.3 Å². The number of thiazole rings is 1. The van der Waals surface area contributed by atoms with Gasteiger partial charge in [0.1, 0.15) is 5.69 Å². The normalized spacial score (nSPS) is 15.3. The van der Waals surface area contributed by atoms with E-state index in [9.17, 15) is 9.59 Å².